The maximum atomic E-state index is 14.6. The van der Waals surface area contributed by atoms with Crippen LogP contribution in [0.15, 0.2) is 48.2 Å². The monoisotopic (exact) mass is 370 g/mol. The largest absolute Gasteiger partial charge is 0.295 e. The topological polar surface area (TPSA) is 32.3 Å². The molecular formula is C21H20ClFN2O. The van der Waals surface area contributed by atoms with E-state index in [-0.39, 0.29) is 10.9 Å². The Balaban J connectivity index is 1.77. The zero-order valence-corrected chi connectivity index (χ0v) is 15.1. The van der Waals surface area contributed by atoms with E-state index >= 15 is 0 Å². The van der Waals surface area contributed by atoms with Crippen LogP contribution in [0.2, 0.25) is 5.02 Å². The van der Waals surface area contributed by atoms with Crippen LogP contribution >= 0.6 is 11.6 Å². The number of rotatable bonds is 2. The lowest BCUT2D eigenvalue weighted by molar-refractivity contribution is 0.0975. The molecular weight excluding hydrogens is 351 g/mol. The molecule has 1 amide bonds. The van der Waals surface area contributed by atoms with Gasteiger partial charge in [0.1, 0.15) is 5.82 Å². The Hall–Kier alpha value is -2.33. The fraction of sp³-hybridized carbons (Fsp3) is 0.286. The first-order valence-electron chi connectivity index (χ1n) is 9.00. The van der Waals surface area contributed by atoms with Crippen molar-refractivity contribution in [3.8, 4) is 0 Å². The number of nitrogens with zero attached hydrogens (tertiary/aromatic N) is 1. The minimum atomic E-state index is -0.409. The molecule has 0 bridgehead atoms. The first-order valence-corrected chi connectivity index (χ1v) is 9.38. The molecule has 0 atom stereocenters. The van der Waals surface area contributed by atoms with Gasteiger partial charge in [-0.15, -0.1) is 0 Å². The van der Waals surface area contributed by atoms with Gasteiger partial charge in [-0.25, -0.2) is 9.40 Å². The zero-order valence-electron chi connectivity index (χ0n) is 14.3. The van der Waals surface area contributed by atoms with Gasteiger partial charge in [0.05, 0.1) is 5.69 Å². The number of hydrazine groups is 1. The van der Waals surface area contributed by atoms with Crippen molar-refractivity contribution in [1.82, 2.24) is 5.43 Å². The summed E-state index contributed by atoms with van der Waals surface area (Å²) in [7, 11) is 0. The molecule has 1 N–H and O–H groups in total. The van der Waals surface area contributed by atoms with E-state index in [9.17, 15) is 9.18 Å². The Morgan fingerprint density at radius 3 is 2.58 bits per heavy atom. The van der Waals surface area contributed by atoms with Crippen LogP contribution in [0.25, 0.3) is 6.08 Å². The number of carbonyl (C=O) groups excluding carboxylic acids is 1. The summed E-state index contributed by atoms with van der Waals surface area (Å²) >= 11 is 6.06. The molecule has 4 rings (SSSR count). The Morgan fingerprint density at radius 2 is 1.85 bits per heavy atom. The first-order chi connectivity index (χ1) is 12.6. The van der Waals surface area contributed by atoms with Crippen molar-refractivity contribution >= 4 is 29.3 Å². The highest BCUT2D eigenvalue weighted by molar-refractivity contribution is 6.31. The molecule has 134 valence electrons. The van der Waals surface area contributed by atoms with Crippen LogP contribution in [0.4, 0.5) is 10.1 Å². The van der Waals surface area contributed by atoms with E-state index in [1.54, 1.807) is 18.2 Å². The molecule has 26 heavy (non-hydrogen) atoms. The highest BCUT2D eigenvalue weighted by atomic mass is 35.5. The third-order valence-electron chi connectivity index (χ3n) is 5.12. The van der Waals surface area contributed by atoms with Gasteiger partial charge >= 0.3 is 0 Å². The molecule has 0 saturated heterocycles. The number of benzene rings is 2. The number of nitrogens with one attached hydrogen (secondary N) is 1. The molecule has 3 nitrogen and oxygen atoms in total. The molecule has 1 aliphatic carbocycles. The van der Waals surface area contributed by atoms with Crippen LogP contribution < -0.4 is 10.4 Å². The van der Waals surface area contributed by atoms with Crippen LogP contribution in [-0.2, 0) is 0 Å². The first kappa shape index (κ1) is 17.1. The summed E-state index contributed by atoms with van der Waals surface area (Å²) in [6.07, 6.45) is 7.49. The molecule has 1 fully saturated rings. The Labute approximate surface area is 157 Å². The molecule has 0 spiro atoms. The number of anilines is 1. The van der Waals surface area contributed by atoms with Crippen LogP contribution in [0.3, 0.4) is 0 Å². The smallest absolute Gasteiger partial charge is 0.276 e. The normalized spacial score (nSPS) is 17.3. The van der Waals surface area contributed by atoms with E-state index in [1.165, 1.54) is 17.5 Å². The molecule has 0 aromatic heterocycles. The minimum Gasteiger partial charge on any atom is -0.295 e. The van der Waals surface area contributed by atoms with Crippen LogP contribution in [0.5, 0.6) is 0 Å². The maximum absolute atomic E-state index is 14.6. The van der Waals surface area contributed by atoms with Gasteiger partial charge in [0.25, 0.3) is 5.91 Å². The lowest BCUT2D eigenvalue weighted by Gasteiger charge is -2.35. The second-order valence-corrected chi connectivity index (χ2v) is 7.31. The number of amides is 1. The third-order valence-corrected chi connectivity index (χ3v) is 5.34. The van der Waals surface area contributed by atoms with Crippen LogP contribution in [0, 0.1) is 11.7 Å². The van der Waals surface area contributed by atoms with Gasteiger partial charge in [-0.1, -0.05) is 49.1 Å². The fourth-order valence-electron chi connectivity index (χ4n) is 3.77. The summed E-state index contributed by atoms with van der Waals surface area (Å²) in [6, 6.07) is 11.9. The molecule has 1 heterocycles. The van der Waals surface area contributed by atoms with Crippen LogP contribution in [-0.4, -0.2) is 5.91 Å². The zero-order chi connectivity index (χ0) is 18.1. The average molecular weight is 371 g/mol. The van der Waals surface area contributed by atoms with Crippen molar-refractivity contribution in [2.24, 2.45) is 5.92 Å². The summed E-state index contributed by atoms with van der Waals surface area (Å²) in [5, 5.41) is 1.70. The third kappa shape index (κ3) is 3.21. The van der Waals surface area contributed by atoms with Gasteiger partial charge < -0.3 is 0 Å². The number of hydrogen-bond acceptors (Lipinski definition) is 2. The fourth-order valence-corrected chi connectivity index (χ4v) is 3.97. The van der Waals surface area contributed by atoms with Gasteiger partial charge in [-0.05, 0) is 43.2 Å². The van der Waals surface area contributed by atoms with Crippen LogP contribution in [0.1, 0.15) is 48.0 Å². The van der Waals surface area contributed by atoms with Crippen molar-refractivity contribution < 1.29 is 9.18 Å². The molecule has 5 heteroatoms. The summed E-state index contributed by atoms with van der Waals surface area (Å²) < 4.78 is 14.6. The van der Waals surface area contributed by atoms with Gasteiger partial charge in [-0.2, -0.15) is 0 Å². The summed E-state index contributed by atoms with van der Waals surface area (Å²) in [5.74, 6) is -0.318. The van der Waals surface area contributed by atoms with E-state index in [2.05, 4.69) is 5.43 Å². The average Bonchev–Trinajstić information content (AvgIpc) is 2.68. The van der Waals surface area contributed by atoms with Gasteiger partial charge in [0.15, 0.2) is 0 Å². The molecule has 2 aromatic carbocycles. The second kappa shape index (κ2) is 7.12. The summed E-state index contributed by atoms with van der Waals surface area (Å²) in [5.41, 5.74) is 5.56. The molecule has 1 aliphatic heterocycles. The lowest BCUT2D eigenvalue weighted by Crippen LogP contribution is -2.46. The lowest BCUT2D eigenvalue weighted by atomic mass is 9.85. The Kier molecular flexibility index (Phi) is 4.68. The van der Waals surface area contributed by atoms with E-state index in [4.69, 9.17) is 11.6 Å². The van der Waals surface area contributed by atoms with Crippen molar-refractivity contribution in [3.05, 3.63) is 70.1 Å². The summed E-state index contributed by atoms with van der Waals surface area (Å²) in [6.45, 7) is 0. The van der Waals surface area contributed by atoms with Gasteiger partial charge in [0.2, 0.25) is 0 Å². The minimum absolute atomic E-state index is 0.227. The Morgan fingerprint density at radius 1 is 1.12 bits per heavy atom. The van der Waals surface area contributed by atoms with Crippen molar-refractivity contribution in [1.29, 1.82) is 0 Å². The van der Waals surface area contributed by atoms with Gasteiger partial charge in [-0.3, -0.25) is 10.2 Å². The van der Waals surface area contributed by atoms with E-state index in [1.807, 2.05) is 24.3 Å². The number of carbonyl (C=O) groups is 1. The van der Waals surface area contributed by atoms with Crippen molar-refractivity contribution in [2.45, 2.75) is 32.1 Å². The highest BCUT2D eigenvalue weighted by Gasteiger charge is 2.30. The number of allylic oxidation sites excluding steroid dienone is 1. The van der Waals surface area contributed by atoms with Gasteiger partial charge in [0, 0.05) is 27.8 Å². The number of halogens is 2. The van der Waals surface area contributed by atoms with Crippen molar-refractivity contribution in [3.63, 3.8) is 0 Å². The molecule has 0 radical (unpaired) electrons. The highest BCUT2D eigenvalue weighted by Crippen LogP contribution is 2.37. The standard InChI is InChI=1S/C21H20ClFN2O/c22-16-11-18(23)17-13-19(14-7-3-1-4-8-14)24-25(20(17)12-16)21(26)15-9-5-2-6-10-15/h2,5-6,9-14,24H,1,3-4,7-8H2. The Bertz CT molecular complexity index is 860. The summed E-state index contributed by atoms with van der Waals surface area (Å²) in [4.78, 5) is 13.1. The SMILES string of the molecule is O=C(c1ccccc1)N1NC(C2CCCCC2)=Cc2c(F)cc(Cl)cc21. The maximum Gasteiger partial charge on any atom is 0.276 e. The van der Waals surface area contributed by atoms with Crippen molar-refractivity contribution in [2.75, 3.05) is 5.01 Å². The predicted octanol–water partition coefficient (Wildman–Crippen LogP) is 5.57. The van der Waals surface area contributed by atoms with E-state index < -0.39 is 5.82 Å². The molecule has 2 aliphatic rings. The quantitative estimate of drug-likeness (QED) is 0.750. The number of hydrogen-bond donors (Lipinski definition) is 1. The molecule has 0 unspecified atom stereocenters. The van der Waals surface area contributed by atoms with E-state index in [0.717, 1.165) is 31.4 Å². The van der Waals surface area contributed by atoms with E-state index in [0.29, 0.717) is 22.7 Å². The number of fused-ring (bicyclic) bond motifs is 1. The molecule has 1 saturated carbocycles. The predicted molar refractivity (Wildman–Crippen MR) is 102 cm³/mol. The molecule has 2 aromatic rings. The second-order valence-electron chi connectivity index (χ2n) is 6.87.